The van der Waals surface area contributed by atoms with E-state index in [-0.39, 0.29) is 6.42 Å². The van der Waals surface area contributed by atoms with Crippen molar-refractivity contribution in [2.75, 3.05) is 0 Å². The van der Waals surface area contributed by atoms with Crippen molar-refractivity contribution in [2.24, 2.45) is 0 Å². The van der Waals surface area contributed by atoms with Gasteiger partial charge < -0.3 is 0 Å². The molecule has 1 saturated heterocycles. The fourth-order valence-electron chi connectivity index (χ4n) is 2.14. The molecule has 1 heterocycles. The molecule has 0 atom stereocenters. The van der Waals surface area contributed by atoms with Gasteiger partial charge in [0.25, 0.3) is 0 Å². The molecule has 1 aliphatic heterocycles. The first-order chi connectivity index (χ1) is 9.11. The third-order valence-corrected chi connectivity index (χ3v) is 3.16. The minimum Gasteiger partial charge on any atom is -0.277 e. The molecule has 0 unspecified atom stereocenters. The largest absolute Gasteiger partial charge is 0.328 e. The van der Waals surface area contributed by atoms with E-state index < -0.39 is 23.3 Å². The number of nitrogens with one attached hydrogen (secondary N) is 2. The van der Waals surface area contributed by atoms with E-state index in [9.17, 15) is 14.4 Å². The van der Waals surface area contributed by atoms with Crippen LogP contribution in [0.4, 0.5) is 4.79 Å². The Morgan fingerprint density at radius 3 is 2.16 bits per heavy atom. The molecule has 98 valence electrons. The summed E-state index contributed by atoms with van der Waals surface area (Å²) in [5.74, 6) is -1.18. The average molecular weight is 258 g/mol. The van der Waals surface area contributed by atoms with E-state index in [1.165, 1.54) is 0 Å². The molecule has 1 aliphatic rings. The van der Waals surface area contributed by atoms with Crippen LogP contribution in [0.1, 0.15) is 18.9 Å². The van der Waals surface area contributed by atoms with Crippen LogP contribution in [0.3, 0.4) is 0 Å². The van der Waals surface area contributed by atoms with Gasteiger partial charge in [0, 0.05) is 0 Å². The van der Waals surface area contributed by atoms with Gasteiger partial charge in [-0.05, 0) is 18.9 Å². The summed E-state index contributed by atoms with van der Waals surface area (Å²) in [6.45, 7) is 1.81. The van der Waals surface area contributed by atoms with Gasteiger partial charge in [-0.15, -0.1) is 0 Å². The number of hydrogen-bond acceptors (Lipinski definition) is 3. The number of urea groups is 1. The lowest BCUT2D eigenvalue weighted by molar-refractivity contribution is -0.138. The summed E-state index contributed by atoms with van der Waals surface area (Å²) >= 11 is 0. The maximum Gasteiger partial charge on any atom is 0.328 e. The van der Waals surface area contributed by atoms with Crippen molar-refractivity contribution in [2.45, 2.75) is 18.8 Å². The third kappa shape index (κ3) is 2.14. The summed E-state index contributed by atoms with van der Waals surface area (Å²) in [6, 6.07) is 7.95. The van der Waals surface area contributed by atoms with E-state index in [0.29, 0.717) is 5.56 Å². The second-order valence-corrected chi connectivity index (χ2v) is 4.28. The molecular weight excluding hydrogens is 244 g/mol. The number of allylic oxidation sites excluding steroid dienone is 2. The summed E-state index contributed by atoms with van der Waals surface area (Å²) < 4.78 is 0. The molecule has 1 fully saturated rings. The smallest absolute Gasteiger partial charge is 0.277 e. The lowest BCUT2D eigenvalue weighted by Gasteiger charge is -2.33. The Morgan fingerprint density at radius 2 is 1.63 bits per heavy atom. The van der Waals surface area contributed by atoms with E-state index in [0.717, 1.165) is 0 Å². The predicted octanol–water partition coefficient (Wildman–Crippen LogP) is 1.26. The van der Waals surface area contributed by atoms with E-state index >= 15 is 0 Å². The zero-order chi connectivity index (χ0) is 13.9. The molecule has 0 spiro atoms. The first-order valence-electron chi connectivity index (χ1n) is 5.95. The molecule has 0 radical (unpaired) electrons. The van der Waals surface area contributed by atoms with Crippen LogP contribution in [0.5, 0.6) is 0 Å². The fourth-order valence-corrected chi connectivity index (χ4v) is 2.14. The summed E-state index contributed by atoms with van der Waals surface area (Å²) in [7, 11) is 0. The lowest BCUT2D eigenvalue weighted by Crippen LogP contribution is -2.64. The number of carbonyl (C=O) groups excluding carboxylic acids is 3. The molecule has 2 N–H and O–H groups in total. The van der Waals surface area contributed by atoms with Crippen LogP contribution in [0.25, 0.3) is 0 Å². The first kappa shape index (κ1) is 13.0. The van der Waals surface area contributed by atoms with Gasteiger partial charge in [-0.1, -0.05) is 42.5 Å². The van der Waals surface area contributed by atoms with Crippen molar-refractivity contribution in [3.8, 4) is 0 Å². The molecule has 4 amide bonds. The van der Waals surface area contributed by atoms with Gasteiger partial charge in [0.2, 0.25) is 11.8 Å². The highest BCUT2D eigenvalue weighted by Crippen LogP contribution is 2.31. The summed E-state index contributed by atoms with van der Waals surface area (Å²) in [5, 5.41) is 4.33. The Hall–Kier alpha value is -2.43. The normalized spacial score (nSPS) is 18.3. The number of carbonyl (C=O) groups is 3. The molecule has 19 heavy (non-hydrogen) atoms. The highest BCUT2D eigenvalue weighted by Gasteiger charge is 2.50. The van der Waals surface area contributed by atoms with Crippen molar-refractivity contribution in [1.29, 1.82) is 0 Å². The summed E-state index contributed by atoms with van der Waals surface area (Å²) in [6.07, 6.45) is 3.71. The van der Waals surface area contributed by atoms with Crippen molar-refractivity contribution in [1.82, 2.24) is 10.6 Å². The molecular formula is C14H14N2O3. The molecule has 5 heteroatoms. The Balaban J connectivity index is 2.54. The Bertz CT molecular complexity index is 529. The molecule has 5 nitrogen and oxygen atoms in total. The third-order valence-electron chi connectivity index (χ3n) is 3.16. The van der Waals surface area contributed by atoms with Gasteiger partial charge in [0.1, 0.15) is 0 Å². The Kier molecular flexibility index (Phi) is 3.46. The van der Waals surface area contributed by atoms with Crippen LogP contribution in [-0.4, -0.2) is 17.8 Å². The molecule has 0 aromatic heterocycles. The monoisotopic (exact) mass is 258 g/mol. The van der Waals surface area contributed by atoms with Crippen LogP contribution in [-0.2, 0) is 15.0 Å². The molecule has 0 saturated carbocycles. The predicted molar refractivity (Wildman–Crippen MR) is 69.2 cm³/mol. The van der Waals surface area contributed by atoms with E-state index in [4.69, 9.17) is 0 Å². The maximum atomic E-state index is 12.2. The minimum absolute atomic E-state index is 0.207. The number of benzene rings is 1. The van der Waals surface area contributed by atoms with Crippen LogP contribution in [0, 0.1) is 0 Å². The number of hydrogen-bond donors (Lipinski definition) is 2. The zero-order valence-electron chi connectivity index (χ0n) is 10.5. The molecule has 2 rings (SSSR count). The molecule has 1 aromatic carbocycles. The summed E-state index contributed by atoms with van der Waals surface area (Å²) in [5.41, 5.74) is -0.822. The standard InChI is InChI=1S/C14H14N2O3/c1-2-3-9-14(10-7-5-4-6-8-10)11(17)15-13(19)16-12(14)18/h2-8H,9H2,1H3,(H2,15,16,17,18,19)/b3-2+. The fraction of sp³-hybridized carbons (Fsp3) is 0.214. The summed E-state index contributed by atoms with van der Waals surface area (Å²) in [4.78, 5) is 35.6. The molecule has 0 aliphatic carbocycles. The second-order valence-electron chi connectivity index (χ2n) is 4.28. The van der Waals surface area contributed by atoms with Crippen molar-refractivity contribution < 1.29 is 14.4 Å². The van der Waals surface area contributed by atoms with Crippen molar-refractivity contribution in [3.05, 3.63) is 48.0 Å². The number of rotatable bonds is 3. The van der Waals surface area contributed by atoms with E-state index in [1.807, 2.05) is 6.92 Å². The van der Waals surface area contributed by atoms with Gasteiger partial charge >= 0.3 is 6.03 Å². The van der Waals surface area contributed by atoms with Crippen molar-refractivity contribution >= 4 is 17.8 Å². The van der Waals surface area contributed by atoms with E-state index in [2.05, 4.69) is 10.6 Å². The lowest BCUT2D eigenvalue weighted by atomic mass is 9.74. The second kappa shape index (κ2) is 5.06. The Morgan fingerprint density at radius 1 is 1.05 bits per heavy atom. The first-order valence-corrected chi connectivity index (χ1v) is 5.95. The number of amides is 4. The SMILES string of the molecule is C/C=C/CC1(c2ccccc2)C(=O)NC(=O)NC1=O. The maximum absolute atomic E-state index is 12.2. The van der Waals surface area contributed by atoms with Crippen LogP contribution in [0.2, 0.25) is 0 Å². The highest BCUT2D eigenvalue weighted by atomic mass is 16.2. The van der Waals surface area contributed by atoms with Gasteiger partial charge in [-0.25, -0.2) is 4.79 Å². The number of imide groups is 2. The van der Waals surface area contributed by atoms with Gasteiger partial charge in [0.05, 0.1) is 0 Å². The van der Waals surface area contributed by atoms with Crippen LogP contribution < -0.4 is 10.6 Å². The van der Waals surface area contributed by atoms with Crippen LogP contribution >= 0.6 is 0 Å². The van der Waals surface area contributed by atoms with Crippen LogP contribution in [0.15, 0.2) is 42.5 Å². The van der Waals surface area contributed by atoms with E-state index in [1.54, 1.807) is 42.5 Å². The topological polar surface area (TPSA) is 75.3 Å². The molecule has 0 bridgehead atoms. The van der Waals surface area contributed by atoms with Gasteiger partial charge in [0.15, 0.2) is 5.41 Å². The number of barbiturate groups is 1. The minimum atomic E-state index is -1.39. The highest BCUT2D eigenvalue weighted by molar-refractivity contribution is 6.23. The van der Waals surface area contributed by atoms with Crippen molar-refractivity contribution in [3.63, 3.8) is 0 Å². The Labute approximate surface area is 110 Å². The average Bonchev–Trinajstić information content (AvgIpc) is 2.39. The van der Waals surface area contributed by atoms with Gasteiger partial charge in [-0.3, -0.25) is 20.2 Å². The molecule has 1 aromatic rings. The quantitative estimate of drug-likeness (QED) is 0.633. The zero-order valence-corrected chi connectivity index (χ0v) is 10.5. The van der Waals surface area contributed by atoms with Gasteiger partial charge in [-0.2, -0.15) is 0 Å².